The SMILES string of the molecule is CN=C(NCCC1=CCOCC1)NCc1cc(Cl)c(Cl)n1C. The fourth-order valence-corrected chi connectivity index (χ4v) is 2.70. The summed E-state index contributed by atoms with van der Waals surface area (Å²) < 4.78 is 7.16. The fourth-order valence-electron chi connectivity index (χ4n) is 2.29. The molecule has 0 unspecified atom stereocenters. The van der Waals surface area contributed by atoms with E-state index in [-0.39, 0.29) is 0 Å². The molecule has 0 saturated heterocycles. The second-order valence-corrected chi connectivity index (χ2v) is 5.89. The highest BCUT2D eigenvalue weighted by molar-refractivity contribution is 6.41. The van der Waals surface area contributed by atoms with Crippen molar-refractivity contribution in [2.75, 3.05) is 26.8 Å². The molecule has 0 aromatic carbocycles. The third-order valence-electron chi connectivity index (χ3n) is 3.67. The topological polar surface area (TPSA) is 50.6 Å². The quantitative estimate of drug-likeness (QED) is 0.490. The van der Waals surface area contributed by atoms with Crippen molar-refractivity contribution in [1.29, 1.82) is 0 Å². The number of guanidine groups is 1. The molecular weight excluding hydrogens is 323 g/mol. The summed E-state index contributed by atoms with van der Waals surface area (Å²) in [5.74, 6) is 0.765. The van der Waals surface area contributed by atoms with Gasteiger partial charge in [-0.15, -0.1) is 0 Å². The average Bonchev–Trinajstić information content (AvgIpc) is 2.79. The molecule has 0 amide bonds. The molecular formula is C15H22Cl2N4O. The molecule has 2 heterocycles. The Hall–Kier alpha value is -1.17. The molecule has 1 aliphatic heterocycles. The average molecular weight is 345 g/mol. The van der Waals surface area contributed by atoms with Gasteiger partial charge in [0, 0.05) is 26.3 Å². The van der Waals surface area contributed by atoms with Gasteiger partial charge in [0.25, 0.3) is 0 Å². The van der Waals surface area contributed by atoms with Crippen LogP contribution in [0.25, 0.3) is 0 Å². The van der Waals surface area contributed by atoms with E-state index >= 15 is 0 Å². The Balaban J connectivity index is 1.77. The number of aromatic nitrogens is 1. The van der Waals surface area contributed by atoms with Crippen LogP contribution in [-0.4, -0.2) is 37.3 Å². The number of nitrogens with zero attached hydrogens (tertiary/aromatic N) is 2. The fraction of sp³-hybridized carbons (Fsp3) is 0.533. The van der Waals surface area contributed by atoms with Gasteiger partial charge >= 0.3 is 0 Å². The molecule has 0 atom stereocenters. The monoisotopic (exact) mass is 344 g/mol. The summed E-state index contributed by atoms with van der Waals surface area (Å²) in [6.07, 6.45) is 4.19. The maximum absolute atomic E-state index is 6.06. The van der Waals surface area contributed by atoms with Crippen LogP contribution in [0.1, 0.15) is 18.5 Å². The Morgan fingerprint density at radius 2 is 2.23 bits per heavy atom. The molecule has 0 bridgehead atoms. The highest BCUT2D eigenvalue weighted by Crippen LogP contribution is 2.24. The minimum atomic E-state index is 0.549. The third-order valence-corrected chi connectivity index (χ3v) is 4.51. The van der Waals surface area contributed by atoms with Gasteiger partial charge < -0.3 is 19.9 Å². The molecule has 122 valence electrons. The minimum Gasteiger partial charge on any atom is -0.377 e. The van der Waals surface area contributed by atoms with E-state index in [1.165, 1.54) is 5.57 Å². The predicted molar refractivity (Wildman–Crippen MR) is 91.8 cm³/mol. The van der Waals surface area contributed by atoms with Crippen LogP contribution in [0, 0.1) is 0 Å². The van der Waals surface area contributed by atoms with Crippen LogP contribution in [0.5, 0.6) is 0 Å². The lowest BCUT2D eigenvalue weighted by Crippen LogP contribution is -2.37. The summed E-state index contributed by atoms with van der Waals surface area (Å²) in [5.41, 5.74) is 2.44. The van der Waals surface area contributed by atoms with E-state index in [4.69, 9.17) is 27.9 Å². The van der Waals surface area contributed by atoms with Crippen LogP contribution in [0.3, 0.4) is 0 Å². The zero-order chi connectivity index (χ0) is 15.9. The second-order valence-electron chi connectivity index (χ2n) is 5.12. The smallest absolute Gasteiger partial charge is 0.191 e. The van der Waals surface area contributed by atoms with Crippen molar-refractivity contribution in [1.82, 2.24) is 15.2 Å². The van der Waals surface area contributed by atoms with Crippen LogP contribution >= 0.6 is 23.2 Å². The Kier molecular flexibility index (Phi) is 6.61. The van der Waals surface area contributed by atoms with Crippen LogP contribution in [-0.2, 0) is 18.3 Å². The van der Waals surface area contributed by atoms with Crippen molar-refractivity contribution in [2.45, 2.75) is 19.4 Å². The van der Waals surface area contributed by atoms with Crippen molar-refractivity contribution in [3.8, 4) is 0 Å². The first-order valence-electron chi connectivity index (χ1n) is 7.31. The van der Waals surface area contributed by atoms with E-state index in [2.05, 4.69) is 21.7 Å². The second kappa shape index (κ2) is 8.46. The molecule has 1 aromatic heterocycles. The van der Waals surface area contributed by atoms with Crippen molar-refractivity contribution in [3.63, 3.8) is 0 Å². The number of ether oxygens (including phenoxy) is 1. The zero-order valence-corrected chi connectivity index (χ0v) is 14.5. The van der Waals surface area contributed by atoms with E-state index in [9.17, 15) is 0 Å². The number of nitrogens with one attached hydrogen (secondary N) is 2. The molecule has 2 N–H and O–H groups in total. The number of hydrogen-bond donors (Lipinski definition) is 2. The number of halogens is 2. The predicted octanol–water partition coefficient (Wildman–Crippen LogP) is 2.73. The lowest BCUT2D eigenvalue weighted by atomic mass is 10.1. The molecule has 0 aliphatic carbocycles. The molecule has 0 saturated carbocycles. The molecule has 5 nitrogen and oxygen atoms in total. The number of hydrogen-bond acceptors (Lipinski definition) is 2. The summed E-state index contributed by atoms with van der Waals surface area (Å²) >= 11 is 12.1. The molecule has 2 rings (SSSR count). The van der Waals surface area contributed by atoms with E-state index in [0.29, 0.717) is 16.7 Å². The van der Waals surface area contributed by atoms with Gasteiger partial charge in [-0.05, 0) is 18.9 Å². The number of aliphatic imine (C=N–C) groups is 1. The van der Waals surface area contributed by atoms with E-state index in [0.717, 1.165) is 44.3 Å². The molecule has 22 heavy (non-hydrogen) atoms. The van der Waals surface area contributed by atoms with Gasteiger partial charge in [-0.3, -0.25) is 4.99 Å². The summed E-state index contributed by atoms with van der Waals surface area (Å²) in [6, 6.07) is 1.86. The van der Waals surface area contributed by atoms with Crippen LogP contribution in [0.2, 0.25) is 10.2 Å². The molecule has 0 spiro atoms. The Bertz CT molecular complexity index is 566. The first-order chi connectivity index (χ1) is 10.6. The third kappa shape index (κ3) is 4.66. The highest BCUT2D eigenvalue weighted by Gasteiger charge is 2.09. The van der Waals surface area contributed by atoms with Crippen molar-refractivity contribution in [2.24, 2.45) is 12.0 Å². The van der Waals surface area contributed by atoms with Crippen molar-refractivity contribution >= 4 is 29.2 Å². The molecule has 7 heteroatoms. The molecule has 1 aromatic rings. The van der Waals surface area contributed by atoms with Crippen LogP contribution in [0.4, 0.5) is 0 Å². The van der Waals surface area contributed by atoms with Gasteiger partial charge in [-0.25, -0.2) is 0 Å². The van der Waals surface area contributed by atoms with E-state index < -0.39 is 0 Å². The zero-order valence-electron chi connectivity index (χ0n) is 13.0. The lowest BCUT2D eigenvalue weighted by molar-refractivity contribution is 0.153. The maximum Gasteiger partial charge on any atom is 0.191 e. The molecule has 0 radical (unpaired) electrons. The van der Waals surface area contributed by atoms with Crippen molar-refractivity contribution in [3.05, 3.63) is 33.6 Å². The Morgan fingerprint density at radius 1 is 1.41 bits per heavy atom. The lowest BCUT2D eigenvalue weighted by Gasteiger charge is -2.15. The summed E-state index contributed by atoms with van der Waals surface area (Å²) in [4.78, 5) is 4.22. The normalized spacial score (nSPS) is 15.6. The Labute approximate surface area is 141 Å². The maximum atomic E-state index is 6.06. The number of rotatable bonds is 5. The first-order valence-corrected chi connectivity index (χ1v) is 8.07. The van der Waals surface area contributed by atoms with Gasteiger partial charge in [0.2, 0.25) is 0 Å². The first kappa shape index (κ1) is 17.2. The van der Waals surface area contributed by atoms with Gasteiger partial charge in [-0.2, -0.15) is 0 Å². The summed E-state index contributed by atoms with van der Waals surface area (Å²) in [5, 5.41) is 7.69. The van der Waals surface area contributed by atoms with Gasteiger partial charge in [-0.1, -0.05) is 34.9 Å². The van der Waals surface area contributed by atoms with E-state index in [1.807, 2.05) is 17.7 Å². The summed E-state index contributed by atoms with van der Waals surface area (Å²) in [6.45, 7) is 3.02. The van der Waals surface area contributed by atoms with Crippen LogP contribution < -0.4 is 10.6 Å². The van der Waals surface area contributed by atoms with E-state index in [1.54, 1.807) is 7.05 Å². The molecule has 1 aliphatic rings. The standard InChI is InChI=1S/C15H22Cl2N4O/c1-18-15(19-6-3-11-4-7-22-8-5-11)20-10-12-9-13(16)14(17)21(12)2/h4,9H,3,5-8,10H2,1-2H3,(H2,18,19,20). The minimum absolute atomic E-state index is 0.549. The van der Waals surface area contributed by atoms with Gasteiger partial charge in [0.05, 0.1) is 24.8 Å². The van der Waals surface area contributed by atoms with Gasteiger partial charge in [0.15, 0.2) is 5.96 Å². The Morgan fingerprint density at radius 3 is 2.82 bits per heavy atom. The van der Waals surface area contributed by atoms with Gasteiger partial charge in [0.1, 0.15) is 5.15 Å². The molecule has 0 fully saturated rings. The summed E-state index contributed by atoms with van der Waals surface area (Å²) in [7, 11) is 3.65. The largest absolute Gasteiger partial charge is 0.377 e. The highest BCUT2D eigenvalue weighted by atomic mass is 35.5. The van der Waals surface area contributed by atoms with Crippen molar-refractivity contribution < 1.29 is 4.74 Å². The van der Waals surface area contributed by atoms with Crippen LogP contribution in [0.15, 0.2) is 22.7 Å².